The first kappa shape index (κ1) is 11.1. The van der Waals surface area contributed by atoms with E-state index >= 15 is 0 Å². The fraction of sp³-hybridized carbons (Fsp3) is 0.300. The van der Waals surface area contributed by atoms with Crippen molar-refractivity contribution in [2.75, 3.05) is 11.9 Å². The van der Waals surface area contributed by atoms with E-state index < -0.39 is 0 Å². The third-order valence-electron chi connectivity index (χ3n) is 2.04. The van der Waals surface area contributed by atoms with E-state index in [2.05, 4.69) is 36.2 Å². The predicted octanol–water partition coefficient (Wildman–Crippen LogP) is 1.86. The van der Waals surface area contributed by atoms with Crippen LogP contribution in [-0.2, 0) is 6.54 Å². The lowest BCUT2D eigenvalue weighted by Gasteiger charge is -2.06. The van der Waals surface area contributed by atoms with Crippen LogP contribution in [-0.4, -0.2) is 26.1 Å². The van der Waals surface area contributed by atoms with E-state index in [1.165, 1.54) is 0 Å². The molecule has 2 heterocycles. The summed E-state index contributed by atoms with van der Waals surface area (Å²) in [6.07, 6.45) is 5.50. The van der Waals surface area contributed by atoms with Crippen molar-refractivity contribution in [1.82, 2.24) is 19.5 Å². The minimum Gasteiger partial charge on any atom is -0.368 e. The van der Waals surface area contributed by atoms with Gasteiger partial charge in [-0.25, -0.2) is 15.0 Å². The highest BCUT2D eigenvalue weighted by molar-refractivity contribution is 9.10. The van der Waals surface area contributed by atoms with Crippen molar-refractivity contribution < 1.29 is 0 Å². The zero-order valence-electron chi connectivity index (χ0n) is 8.89. The van der Waals surface area contributed by atoms with E-state index in [1.807, 2.05) is 23.8 Å². The molecule has 2 aromatic rings. The number of hydrogen-bond donors (Lipinski definition) is 1. The van der Waals surface area contributed by atoms with Crippen LogP contribution in [0.1, 0.15) is 5.82 Å². The van der Waals surface area contributed by atoms with E-state index in [4.69, 9.17) is 0 Å². The van der Waals surface area contributed by atoms with Crippen LogP contribution in [0.5, 0.6) is 0 Å². The molecule has 0 aromatic carbocycles. The zero-order valence-corrected chi connectivity index (χ0v) is 10.5. The highest BCUT2D eigenvalue weighted by atomic mass is 79.9. The van der Waals surface area contributed by atoms with E-state index in [0.717, 1.165) is 29.3 Å². The number of anilines is 1. The number of rotatable bonds is 4. The van der Waals surface area contributed by atoms with Gasteiger partial charge in [0.1, 0.15) is 16.2 Å². The summed E-state index contributed by atoms with van der Waals surface area (Å²) < 4.78 is 2.81. The molecule has 16 heavy (non-hydrogen) atoms. The minimum absolute atomic E-state index is 0.750. The lowest BCUT2D eigenvalue weighted by molar-refractivity contribution is 0.724. The maximum absolute atomic E-state index is 4.28. The molecule has 84 valence electrons. The molecule has 0 fully saturated rings. The van der Waals surface area contributed by atoms with Gasteiger partial charge in [0.15, 0.2) is 0 Å². The molecule has 1 N–H and O–H groups in total. The first-order chi connectivity index (χ1) is 7.74. The number of hydrogen-bond acceptors (Lipinski definition) is 4. The van der Waals surface area contributed by atoms with Crippen LogP contribution in [0.3, 0.4) is 0 Å². The summed E-state index contributed by atoms with van der Waals surface area (Å²) >= 11 is 3.34. The van der Waals surface area contributed by atoms with E-state index in [-0.39, 0.29) is 0 Å². The maximum atomic E-state index is 4.28. The molecule has 0 aliphatic heterocycles. The summed E-state index contributed by atoms with van der Waals surface area (Å²) in [5, 5.41) is 3.23. The topological polar surface area (TPSA) is 55.6 Å². The van der Waals surface area contributed by atoms with Crippen LogP contribution in [0.4, 0.5) is 5.82 Å². The summed E-state index contributed by atoms with van der Waals surface area (Å²) in [6.45, 7) is 3.53. The molecule has 6 heteroatoms. The second-order valence-corrected chi connectivity index (χ2v) is 4.16. The van der Waals surface area contributed by atoms with E-state index in [0.29, 0.717) is 0 Å². The zero-order chi connectivity index (χ0) is 11.4. The van der Waals surface area contributed by atoms with Gasteiger partial charge in [0.2, 0.25) is 0 Å². The fourth-order valence-electron chi connectivity index (χ4n) is 1.35. The van der Waals surface area contributed by atoms with Gasteiger partial charge < -0.3 is 9.88 Å². The van der Waals surface area contributed by atoms with Gasteiger partial charge in [-0.05, 0) is 22.9 Å². The molecule has 0 amide bonds. The van der Waals surface area contributed by atoms with Gasteiger partial charge in [-0.2, -0.15) is 0 Å². The number of halogens is 1. The Morgan fingerprint density at radius 2 is 2.31 bits per heavy atom. The Morgan fingerprint density at radius 1 is 1.44 bits per heavy atom. The maximum Gasteiger partial charge on any atom is 0.130 e. The monoisotopic (exact) mass is 281 g/mol. The van der Waals surface area contributed by atoms with Gasteiger partial charge in [0.05, 0.1) is 6.33 Å². The molecule has 0 aliphatic rings. The number of aromatic nitrogens is 4. The Hall–Kier alpha value is -1.43. The second-order valence-electron chi connectivity index (χ2n) is 3.35. The van der Waals surface area contributed by atoms with Crippen molar-refractivity contribution in [3.8, 4) is 0 Å². The van der Waals surface area contributed by atoms with E-state index in [9.17, 15) is 0 Å². The molecule has 0 spiro atoms. The first-order valence-corrected chi connectivity index (χ1v) is 5.74. The molecule has 2 aromatic heterocycles. The number of nitrogens with zero attached hydrogens (tertiary/aromatic N) is 4. The Morgan fingerprint density at radius 3 is 3.00 bits per heavy atom. The molecular weight excluding hydrogens is 270 g/mol. The van der Waals surface area contributed by atoms with Gasteiger partial charge in [0.25, 0.3) is 0 Å². The Kier molecular flexibility index (Phi) is 3.51. The second kappa shape index (κ2) is 5.07. The number of nitrogens with one attached hydrogen (secondary N) is 1. The van der Waals surface area contributed by atoms with Crippen LogP contribution in [0.15, 0.2) is 29.4 Å². The van der Waals surface area contributed by atoms with Gasteiger partial charge in [0, 0.05) is 31.5 Å². The smallest absolute Gasteiger partial charge is 0.130 e. The first-order valence-electron chi connectivity index (χ1n) is 4.95. The molecule has 0 saturated carbocycles. The normalized spacial score (nSPS) is 10.4. The minimum atomic E-state index is 0.750. The fourth-order valence-corrected chi connectivity index (χ4v) is 1.83. The summed E-state index contributed by atoms with van der Waals surface area (Å²) in [6, 6.07) is 1.86. The third kappa shape index (κ3) is 3.03. The van der Waals surface area contributed by atoms with Crippen LogP contribution >= 0.6 is 15.9 Å². The Bertz CT molecular complexity index is 434. The van der Waals surface area contributed by atoms with Crippen molar-refractivity contribution in [1.29, 1.82) is 0 Å². The van der Waals surface area contributed by atoms with Crippen molar-refractivity contribution in [2.45, 2.75) is 13.5 Å². The van der Waals surface area contributed by atoms with Crippen molar-refractivity contribution in [3.63, 3.8) is 0 Å². The number of imidazole rings is 1. The molecule has 5 nitrogen and oxygen atoms in total. The predicted molar refractivity (Wildman–Crippen MR) is 65.2 cm³/mol. The highest BCUT2D eigenvalue weighted by Crippen LogP contribution is 2.11. The summed E-state index contributed by atoms with van der Waals surface area (Å²) in [5.74, 6) is 1.58. The van der Waals surface area contributed by atoms with Gasteiger partial charge in [-0.3, -0.25) is 0 Å². The lowest BCUT2D eigenvalue weighted by atomic mass is 10.5. The SMILES string of the molecule is Cc1nc(Br)cc(NCCn2ccnc2)n1. The Labute approximate surface area is 102 Å². The van der Waals surface area contributed by atoms with E-state index in [1.54, 1.807) is 12.5 Å². The summed E-state index contributed by atoms with van der Waals surface area (Å²) in [5.41, 5.74) is 0. The van der Waals surface area contributed by atoms with Gasteiger partial charge in [-0.1, -0.05) is 0 Å². The molecule has 0 aliphatic carbocycles. The molecule has 0 unspecified atom stereocenters. The molecule has 0 bridgehead atoms. The summed E-state index contributed by atoms with van der Waals surface area (Å²) in [7, 11) is 0. The molecule has 0 saturated heterocycles. The lowest BCUT2D eigenvalue weighted by Crippen LogP contribution is -2.10. The molecule has 0 atom stereocenters. The molecule has 2 rings (SSSR count). The van der Waals surface area contributed by atoms with Crippen LogP contribution in [0.25, 0.3) is 0 Å². The number of aryl methyl sites for hydroxylation is 1. The van der Waals surface area contributed by atoms with Crippen molar-refractivity contribution in [3.05, 3.63) is 35.2 Å². The van der Waals surface area contributed by atoms with Crippen molar-refractivity contribution >= 4 is 21.7 Å². The standard InChI is InChI=1S/C10H12BrN5/c1-8-14-9(11)6-10(15-8)13-3-5-16-4-2-12-7-16/h2,4,6-7H,3,5H2,1H3,(H,13,14,15). The average molecular weight is 282 g/mol. The highest BCUT2D eigenvalue weighted by Gasteiger charge is 1.98. The van der Waals surface area contributed by atoms with Gasteiger partial charge in [-0.15, -0.1) is 0 Å². The quantitative estimate of drug-likeness (QED) is 0.870. The molecule has 0 radical (unpaired) electrons. The largest absolute Gasteiger partial charge is 0.368 e. The van der Waals surface area contributed by atoms with Gasteiger partial charge >= 0.3 is 0 Å². The van der Waals surface area contributed by atoms with Crippen LogP contribution in [0.2, 0.25) is 0 Å². The van der Waals surface area contributed by atoms with Crippen molar-refractivity contribution in [2.24, 2.45) is 0 Å². The third-order valence-corrected chi connectivity index (χ3v) is 2.45. The summed E-state index contributed by atoms with van der Waals surface area (Å²) in [4.78, 5) is 12.4. The average Bonchev–Trinajstić information content (AvgIpc) is 2.69. The van der Waals surface area contributed by atoms with Crippen LogP contribution in [0, 0.1) is 6.92 Å². The Balaban J connectivity index is 1.89. The molecular formula is C10H12BrN5. The van der Waals surface area contributed by atoms with Crippen LogP contribution < -0.4 is 5.32 Å².